The summed E-state index contributed by atoms with van der Waals surface area (Å²) in [5.41, 5.74) is 8.30. The molecule has 4 heterocycles. The molecule has 0 spiro atoms. The molecule has 45 heavy (non-hydrogen) atoms. The van der Waals surface area contributed by atoms with E-state index in [1.165, 1.54) is 37.8 Å². The molecule has 2 aromatic carbocycles. The molecule has 1 aliphatic carbocycles. The van der Waals surface area contributed by atoms with E-state index in [1.807, 2.05) is 24.5 Å². The van der Waals surface area contributed by atoms with Gasteiger partial charge in [-0.25, -0.2) is 17.5 Å². The number of fused-ring (bicyclic) bond motifs is 2. The Bertz CT molecular complexity index is 2120. The fraction of sp³-hybridized carbons (Fsp3) is 0.265. The Kier molecular flexibility index (Phi) is 7.90. The number of halogens is 1. The first kappa shape index (κ1) is 29.3. The van der Waals surface area contributed by atoms with Crippen LogP contribution < -0.4 is 10.0 Å². The molecule has 4 N–H and O–H groups in total. The van der Waals surface area contributed by atoms with Crippen molar-refractivity contribution in [2.24, 2.45) is 5.92 Å². The topological polar surface area (TPSA) is 128 Å². The summed E-state index contributed by atoms with van der Waals surface area (Å²) in [5.74, 6) is 0.328. The van der Waals surface area contributed by atoms with Crippen LogP contribution in [0, 0.1) is 11.7 Å². The third kappa shape index (κ3) is 6.51. The van der Waals surface area contributed by atoms with Crippen LogP contribution >= 0.6 is 0 Å². The van der Waals surface area contributed by atoms with Gasteiger partial charge in [-0.2, -0.15) is 5.10 Å². The van der Waals surface area contributed by atoms with Crippen molar-refractivity contribution in [3.8, 4) is 33.6 Å². The standard InChI is InChI=1S/C34H34FN7O2S/c1-45(43,44)39-17-22-8-25(11-27(35)10-22)30-19-38-20-33-28(30)13-32(40-33)34-29-12-24(6-7-31(29)41-42-34)26-9-23(16-37-18-26)15-36-14-21-4-2-3-5-21/h6-13,16,18-21,36,39-40H,2-5,14-15,17H2,1H3,(H,41,42). The Morgan fingerprint density at radius 3 is 2.51 bits per heavy atom. The molecule has 4 aromatic heterocycles. The van der Waals surface area contributed by atoms with E-state index in [-0.39, 0.29) is 6.54 Å². The lowest BCUT2D eigenvalue weighted by Crippen LogP contribution is -2.21. The van der Waals surface area contributed by atoms with Gasteiger partial charge in [0, 0.05) is 53.6 Å². The largest absolute Gasteiger partial charge is 0.352 e. The molecule has 1 fully saturated rings. The summed E-state index contributed by atoms with van der Waals surface area (Å²) in [4.78, 5) is 12.4. The van der Waals surface area contributed by atoms with Gasteiger partial charge in [0.15, 0.2) is 0 Å². The molecule has 7 rings (SSSR count). The maximum atomic E-state index is 14.6. The minimum atomic E-state index is -3.42. The van der Waals surface area contributed by atoms with Crippen LogP contribution in [-0.4, -0.2) is 46.4 Å². The molecule has 230 valence electrons. The summed E-state index contributed by atoms with van der Waals surface area (Å²) in [5, 5.41) is 13.2. The first-order valence-electron chi connectivity index (χ1n) is 15.1. The van der Waals surface area contributed by atoms with Gasteiger partial charge in [-0.15, -0.1) is 0 Å². The molecule has 0 aliphatic heterocycles. The van der Waals surface area contributed by atoms with Crippen molar-refractivity contribution >= 4 is 31.8 Å². The third-order valence-electron chi connectivity index (χ3n) is 8.54. The van der Waals surface area contributed by atoms with E-state index in [1.54, 1.807) is 18.5 Å². The molecule has 0 saturated heterocycles. The Morgan fingerprint density at radius 2 is 1.67 bits per heavy atom. The summed E-state index contributed by atoms with van der Waals surface area (Å²) < 4.78 is 40.2. The average molecular weight is 624 g/mol. The normalized spacial score (nSPS) is 14.2. The Morgan fingerprint density at radius 1 is 0.844 bits per heavy atom. The van der Waals surface area contributed by atoms with Crippen molar-refractivity contribution in [3.05, 3.63) is 90.3 Å². The van der Waals surface area contributed by atoms with Crippen molar-refractivity contribution in [3.63, 3.8) is 0 Å². The lowest BCUT2D eigenvalue weighted by molar-refractivity contribution is 0.489. The summed E-state index contributed by atoms with van der Waals surface area (Å²) in [6.45, 7) is 1.84. The molecule has 0 bridgehead atoms. The lowest BCUT2D eigenvalue weighted by atomic mass is 10.0. The van der Waals surface area contributed by atoms with E-state index in [0.717, 1.165) is 80.7 Å². The number of nitrogens with one attached hydrogen (secondary N) is 4. The monoisotopic (exact) mass is 623 g/mol. The van der Waals surface area contributed by atoms with Crippen LogP contribution in [0.1, 0.15) is 36.8 Å². The van der Waals surface area contributed by atoms with Gasteiger partial charge in [-0.05, 0) is 90.0 Å². The fourth-order valence-electron chi connectivity index (χ4n) is 6.31. The predicted molar refractivity (Wildman–Crippen MR) is 175 cm³/mol. The Hall–Kier alpha value is -4.45. The van der Waals surface area contributed by atoms with Gasteiger partial charge in [0.2, 0.25) is 10.0 Å². The molecule has 0 atom stereocenters. The predicted octanol–water partition coefficient (Wildman–Crippen LogP) is 6.30. The number of sulfonamides is 1. The van der Waals surface area contributed by atoms with Crippen molar-refractivity contribution in [1.29, 1.82) is 0 Å². The van der Waals surface area contributed by atoms with Crippen LogP contribution in [0.2, 0.25) is 0 Å². The maximum Gasteiger partial charge on any atom is 0.209 e. The molecule has 0 radical (unpaired) electrons. The van der Waals surface area contributed by atoms with Crippen LogP contribution in [0.5, 0.6) is 0 Å². The zero-order chi connectivity index (χ0) is 31.0. The highest BCUT2D eigenvalue weighted by molar-refractivity contribution is 7.88. The van der Waals surface area contributed by atoms with Gasteiger partial charge in [0.1, 0.15) is 11.5 Å². The quantitative estimate of drug-likeness (QED) is 0.142. The summed E-state index contributed by atoms with van der Waals surface area (Å²) >= 11 is 0. The third-order valence-corrected chi connectivity index (χ3v) is 9.20. The molecule has 6 aromatic rings. The summed E-state index contributed by atoms with van der Waals surface area (Å²) in [7, 11) is -3.42. The zero-order valence-electron chi connectivity index (χ0n) is 24.9. The number of pyridine rings is 2. The first-order chi connectivity index (χ1) is 21.8. The van der Waals surface area contributed by atoms with Crippen molar-refractivity contribution in [2.45, 2.75) is 38.8 Å². The zero-order valence-corrected chi connectivity index (χ0v) is 25.7. The number of H-pyrrole nitrogens is 2. The van der Waals surface area contributed by atoms with E-state index in [0.29, 0.717) is 11.1 Å². The van der Waals surface area contributed by atoms with Gasteiger partial charge in [-0.3, -0.25) is 15.1 Å². The SMILES string of the molecule is CS(=O)(=O)NCc1cc(F)cc(-c2cncc3[nH]c(-c4n[nH]c5ccc(-c6cncc(CNCC7CCCC7)c6)cc45)cc23)c1. The van der Waals surface area contributed by atoms with Crippen LogP contribution in [0.4, 0.5) is 4.39 Å². The Balaban J connectivity index is 1.19. The highest BCUT2D eigenvalue weighted by Crippen LogP contribution is 2.35. The Labute approximate surface area is 260 Å². The highest BCUT2D eigenvalue weighted by atomic mass is 32.2. The van der Waals surface area contributed by atoms with E-state index in [4.69, 9.17) is 0 Å². The minimum Gasteiger partial charge on any atom is -0.352 e. The first-order valence-corrected chi connectivity index (χ1v) is 17.0. The lowest BCUT2D eigenvalue weighted by Gasteiger charge is -2.11. The molecule has 1 saturated carbocycles. The summed E-state index contributed by atoms with van der Waals surface area (Å²) in [6.07, 6.45) is 13.6. The second-order valence-electron chi connectivity index (χ2n) is 12.0. The summed E-state index contributed by atoms with van der Waals surface area (Å²) in [6, 6.07) is 14.9. The molecular weight excluding hydrogens is 589 g/mol. The van der Waals surface area contributed by atoms with Crippen LogP contribution in [0.3, 0.4) is 0 Å². The average Bonchev–Trinajstić information content (AvgIpc) is 3.79. The van der Waals surface area contributed by atoms with Gasteiger partial charge in [-0.1, -0.05) is 18.9 Å². The molecule has 1 aliphatic rings. The smallest absolute Gasteiger partial charge is 0.209 e. The molecule has 0 amide bonds. The van der Waals surface area contributed by atoms with E-state index >= 15 is 0 Å². The minimum absolute atomic E-state index is 0.0115. The van der Waals surface area contributed by atoms with Gasteiger partial charge in [0.25, 0.3) is 0 Å². The number of hydrogen-bond donors (Lipinski definition) is 4. The van der Waals surface area contributed by atoms with Gasteiger partial charge >= 0.3 is 0 Å². The number of rotatable bonds is 10. The second-order valence-corrected chi connectivity index (χ2v) is 13.8. The number of hydrogen-bond acceptors (Lipinski definition) is 6. The van der Waals surface area contributed by atoms with Gasteiger partial charge in [0.05, 0.1) is 29.2 Å². The van der Waals surface area contributed by atoms with E-state index < -0.39 is 15.8 Å². The van der Waals surface area contributed by atoms with Crippen LogP contribution in [-0.2, 0) is 23.1 Å². The number of benzene rings is 2. The molecular formula is C34H34FN7O2S. The number of aromatic nitrogens is 5. The van der Waals surface area contributed by atoms with Crippen molar-refractivity contribution in [2.75, 3.05) is 12.8 Å². The molecule has 11 heteroatoms. The van der Waals surface area contributed by atoms with Gasteiger partial charge < -0.3 is 10.3 Å². The molecule has 9 nitrogen and oxygen atoms in total. The highest BCUT2D eigenvalue weighted by Gasteiger charge is 2.17. The van der Waals surface area contributed by atoms with Crippen LogP contribution in [0.15, 0.2) is 73.3 Å². The number of nitrogens with zero attached hydrogens (tertiary/aromatic N) is 3. The van der Waals surface area contributed by atoms with E-state index in [2.05, 4.69) is 53.4 Å². The number of aromatic amines is 2. The molecule has 0 unspecified atom stereocenters. The fourth-order valence-corrected chi connectivity index (χ4v) is 6.74. The van der Waals surface area contributed by atoms with E-state index in [9.17, 15) is 12.8 Å². The van der Waals surface area contributed by atoms with Crippen LogP contribution in [0.25, 0.3) is 55.4 Å². The van der Waals surface area contributed by atoms with Crippen molar-refractivity contribution in [1.82, 2.24) is 35.2 Å². The van der Waals surface area contributed by atoms with Crippen molar-refractivity contribution < 1.29 is 12.8 Å². The maximum absolute atomic E-state index is 14.6. The second kappa shape index (κ2) is 12.2.